The van der Waals surface area contributed by atoms with Gasteiger partial charge in [0.05, 0.1) is 10.6 Å². The predicted molar refractivity (Wildman–Crippen MR) is 107 cm³/mol. The molecule has 1 aliphatic heterocycles. The van der Waals surface area contributed by atoms with Crippen LogP contribution in [0.4, 0.5) is 5.00 Å². The van der Waals surface area contributed by atoms with Crippen LogP contribution in [0.1, 0.15) is 24.7 Å². The summed E-state index contributed by atoms with van der Waals surface area (Å²) in [6.45, 7) is 5.45. The normalized spacial score (nSPS) is 15.3. The van der Waals surface area contributed by atoms with Crippen LogP contribution in [0.3, 0.4) is 0 Å². The number of aromatic nitrogens is 3. The first-order chi connectivity index (χ1) is 12.7. The third-order valence-corrected chi connectivity index (χ3v) is 6.65. The van der Waals surface area contributed by atoms with Crippen LogP contribution in [0.15, 0.2) is 29.7 Å². The zero-order valence-electron chi connectivity index (χ0n) is 14.9. The SMILES string of the molecule is CCON=C1CCN(C)c2sc(-c3sc(-c4cccnc4)nc3C)nc21. The molecule has 0 spiro atoms. The molecule has 0 aliphatic carbocycles. The van der Waals surface area contributed by atoms with Gasteiger partial charge in [0.25, 0.3) is 0 Å². The van der Waals surface area contributed by atoms with Crippen LogP contribution in [-0.2, 0) is 4.84 Å². The molecule has 0 aromatic carbocycles. The second-order valence-electron chi connectivity index (χ2n) is 5.98. The Labute approximate surface area is 160 Å². The lowest BCUT2D eigenvalue weighted by Gasteiger charge is -2.23. The Bertz CT molecular complexity index is 948. The topological polar surface area (TPSA) is 63.5 Å². The zero-order chi connectivity index (χ0) is 18.1. The molecule has 0 atom stereocenters. The van der Waals surface area contributed by atoms with Gasteiger partial charge in [-0.05, 0) is 26.0 Å². The molecule has 134 valence electrons. The molecule has 0 saturated heterocycles. The van der Waals surface area contributed by atoms with Crippen LogP contribution in [0.25, 0.3) is 20.5 Å². The number of pyridine rings is 1. The van der Waals surface area contributed by atoms with Crippen LogP contribution >= 0.6 is 22.7 Å². The lowest BCUT2D eigenvalue weighted by atomic mass is 10.1. The Morgan fingerprint density at radius 2 is 2.15 bits per heavy atom. The number of anilines is 1. The monoisotopic (exact) mass is 385 g/mol. The van der Waals surface area contributed by atoms with Gasteiger partial charge in [0, 0.05) is 38.0 Å². The summed E-state index contributed by atoms with van der Waals surface area (Å²) in [5.41, 5.74) is 3.88. The molecule has 0 amide bonds. The number of thiazole rings is 2. The first-order valence-corrected chi connectivity index (χ1v) is 10.1. The lowest BCUT2D eigenvalue weighted by Crippen LogP contribution is -2.27. The molecule has 0 unspecified atom stereocenters. The van der Waals surface area contributed by atoms with E-state index in [2.05, 4.69) is 22.1 Å². The van der Waals surface area contributed by atoms with Crippen LogP contribution < -0.4 is 4.90 Å². The van der Waals surface area contributed by atoms with Crippen molar-refractivity contribution in [1.29, 1.82) is 0 Å². The molecular formula is C18H19N5OS2. The highest BCUT2D eigenvalue weighted by Crippen LogP contribution is 2.42. The average Bonchev–Trinajstić information content (AvgIpc) is 3.26. The minimum absolute atomic E-state index is 0.564. The predicted octanol–water partition coefficient (Wildman–Crippen LogP) is 4.22. The van der Waals surface area contributed by atoms with E-state index in [1.807, 2.05) is 32.2 Å². The minimum Gasteiger partial charge on any atom is -0.396 e. The Hall–Kier alpha value is -2.32. The van der Waals surface area contributed by atoms with Gasteiger partial charge >= 0.3 is 0 Å². The van der Waals surface area contributed by atoms with E-state index in [1.165, 1.54) is 0 Å². The van der Waals surface area contributed by atoms with E-state index in [-0.39, 0.29) is 0 Å². The molecule has 0 N–H and O–H groups in total. The van der Waals surface area contributed by atoms with E-state index in [1.54, 1.807) is 28.9 Å². The number of oxime groups is 1. The molecule has 0 bridgehead atoms. The molecule has 26 heavy (non-hydrogen) atoms. The Morgan fingerprint density at radius 1 is 1.27 bits per heavy atom. The van der Waals surface area contributed by atoms with Crippen molar-refractivity contribution in [3.05, 3.63) is 35.9 Å². The number of hydrogen-bond acceptors (Lipinski definition) is 8. The van der Waals surface area contributed by atoms with Gasteiger partial charge in [0.2, 0.25) is 0 Å². The van der Waals surface area contributed by atoms with Crippen molar-refractivity contribution in [2.75, 3.05) is 25.1 Å². The fraction of sp³-hybridized carbons (Fsp3) is 0.333. The molecule has 6 nitrogen and oxygen atoms in total. The van der Waals surface area contributed by atoms with Gasteiger partial charge in [0.1, 0.15) is 33.0 Å². The lowest BCUT2D eigenvalue weighted by molar-refractivity contribution is 0.158. The summed E-state index contributed by atoms with van der Waals surface area (Å²) in [6.07, 6.45) is 4.46. The maximum atomic E-state index is 5.28. The van der Waals surface area contributed by atoms with Crippen molar-refractivity contribution < 1.29 is 4.84 Å². The van der Waals surface area contributed by atoms with Crippen molar-refractivity contribution >= 4 is 33.4 Å². The fourth-order valence-corrected chi connectivity index (χ4v) is 5.05. The van der Waals surface area contributed by atoms with E-state index >= 15 is 0 Å². The summed E-state index contributed by atoms with van der Waals surface area (Å²) in [7, 11) is 2.10. The minimum atomic E-state index is 0.564. The van der Waals surface area contributed by atoms with Gasteiger partial charge in [0.15, 0.2) is 0 Å². The number of aryl methyl sites for hydroxylation is 1. The van der Waals surface area contributed by atoms with Gasteiger partial charge in [-0.3, -0.25) is 4.98 Å². The summed E-state index contributed by atoms with van der Waals surface area (Å²) >= 11 is 3.35. The Balaban J connectivity index is 1.75. The standard InChI is InChI=1S/C18H19N5OS2/c1-4-24-22-13-7-9-23(3)18-14(13)21-17(26-18)15-11(2)20-16(25-15)12-6-5-8-19-10-12/h5-6,8,10H,4,7,9H2,1-3H3. The van der Waals surface area contributed by atoms with Gasteiger partial charge in [-0.2, -0.15) is 0 Å². The molecule has 4 rings (SSSR count). The molecule has 0 fully saturated rings. The van der Waals surface area contributed by atoms with Crippen molar-refractivity contribution in [1.82, 2.24) is 15.0 Å². The van der Waals surface area contributed by atoms with Crippen LogP contribution in [-0.4, -0.2) is 40.9 Å². The number of fused-ring (bicyclic) bond motifs is 1. The summed E-state index contributed by atoms with van der Waals surface area (Å²) < 4.78 is 0. The molecule has 0 radical (unpaired) electrons. The van der Waals surface area contributed by atoms with E-state index in [0.29, 0.717) is 6.61 Å². The summed E-state index contributed by atoms with van der Waals surface area (Å²) in [5, 5.41) is 7.36. The van der Waals surface area contributed by atoms with E-state index < -0.39 is 0 Å². The largest absolute Gasteiger partial charge is 0.396 e. The molecule has 3 aromatic heterocycles. The number of hydrogen-bond donors (Lipinski definition) is 0. The number of nitrogens with zero attached hydrogens (tertiary/aromatic N) is 5. The quantitative estimate of drug-likeness (QED) is 0.629. The van der Waals surface area contributed by atoms with Gasteiger partial charge in [-0.15, -0.1) is 11.3 Å². The zero-order valence-corrected chi connectivity index (χ0v) is 16.5. The van der Waals surface area contributed by atoms with Gasteiger partial charge in [-0.1, -0.05) is 16.5 Å². The van der Waals surface area contributed by atoms with Crippen molar-refractivity contribution in [3.63, 3.8) is 0 Å². The number of rotatable bonds is 4. The van der Waals surface area contributed by atoms with Crippen LogP contribution in [0.5, 0.6) is 0 Å². The van der Waals surface area contributed by atoms with Crippen LogP contribution in [0, 0.1) is 6.92 Å². The van der Waals surface area contributed by atoms with Crippen molar-refractivity contribution in [2.24, 2.45) is 5.16 Å². The molecule has 3 aromatic rings. The van der Waals surface area contributed by atoms with E-state index in [9.17, 15) is 0 Å². The molecular weight excluding hydrogens is 366 g/mol. The summed E-state index contributed by atoms with van der Waals surface area (Å²) in [5.74, 6) is 0. The first kappa shape index (κ1) is 17.1. The molecule has 8 heteroatoms. The Morgan fingerprint density at radius 3 is 2.92 bits per heavy atom. The van der Waals surface area contributed by atoms with Gasteiger partial charge in [-0.25, -0.2) is 9.97 Å². The van der Waals surface area contributed by atoms with Crippen molar-refractivity contribution in [2.45, 2.75) is 20.3 Å². The fourth-order valence-electron chi connectivity index (χ4n) is 2.79. The molecule has 0 saturated carbocycles. The molecule has 4 heterocycles. The summed E-state index contributed by atoms with van der Waals surface area (Å²) in [6, 6.07) is 3.96. The highest BCUT2D eigenvalue weighted by Gasteiger charge is 2.27. The second-order valence-corrected chi connectivity index (χ2v) is 7.95. The Kier molecular flexibility index (Phi) is 4.69. The third-order valence-electron chi connectivity index (χ3n) is 4.12. The summed E-state index contributed by atoms with van der Waals surface area (Å²) in [4.78, 5) is 22.4. The maximum absolute atomic E-state index is 5.28. The highest BCUT2D eigenvalue weighted by atomic mass is 32.1. The van der Waals surface area contributed by atoms with E-state index in [0.717, 1.165) is 55.5 Å². The third kappa shape index (κ3) is 3.10. The van der Waals surface area contributed by atoms with Gasteiger partial charge < -0.3 is 9.74 Å². The first-order valence-electron chi connectivity index (χ1n) is 8.46. The average molecular weight is 386 g/mol. The van der Waals surface area contributed by atoms with E-state index in [4.69, 9.17) is 14.8 Å². The van der Waals surface area contributed by atoms with Crippen LogP contribution in [0.2, 0.25) is 0 Å². The smallest absolute Gasteiger partial charge is 0.138 e. The van der Waals surface area contributed by atoms with Crippen molar-refractivity contribution in [3.8, 4) is 20.5 Å². The second kappa shape index (κ2) is 7.13. The molecule has 1 aliphatic rings. The maximum Gasteiger partial charge on any atom is 0.138 e. The highest BCUT2D eigenvalue weighted by molar-refractivity contribution is 7.25.